The summed E-state index contributed by atoms with van der Waals surface area (Å²) in [4.78, 5) is 2.40. The van der Waals surface area contributed by atoms with Crippen molar-refractivity contribution in [3.63, 3.8) is 0 Å². The number of nitrogens with zero attached hydrogens (tertiary/aromatic N) is 1. The molecule has 19 heavy (non-hydrogen) atoms. The van der Waals surface area contributed by atoms with Gasteiger partial charge in [0.1, 0.15) is 5.75 Å². The lowest BCUT2D eigenvalue weighted by Gasteiger charge is -2.34. The van der Waals surface area contributed by atoms with Gasteiger partial charge in [0.05, 0.1) is 6.61 Å². The van der Waals surface area contributed by atoms with Gasteiger partial charge in [-0.3, -0.25) is 0 Å². The van der Waals surface area contributed by atoms with E-state index in [1.54, 1.807) is 0 Å². The Balaban J connectivity index is 2.17. The van der Waals surface area contributed by atoms with Crippen molar-refractivity contribution in [1.29, 1.82) is 0 Å². The maximum Gasteiger partial charge on any atom is 0.122 e. The molecule has 0 radical (unpaired) electrons. The molecule has 2 N–H and O–H groups in total. The predicted octanol–water partition coefficient (Wildman–Crippen LogP) is 2.47. The van der Waals surface area contributed by atoms with Crippen molar-refractivity contribution >= 4 is 0 Å². The van der Waals surface area contributed by atoms with Crippen LogP contribution >= 0.6 is 0 Å². The molecule has 1 fully saturated rings. The average molecular weight is 262 g/mol. The third-order valence-corrected chi connectivity index (χ3v) is 4.20. The highest BCUT2D eigenvalue weighted by molar-refractivity contribution is 5.37. The zero-order chi connectivity index (χ0) is 13.7. The van der Waals surface area contributed by atoms with E-state index in [0.29, 0.717) is 25.0 Å². The summed E-state index contributed by atoms with van der Waals surface area (Å²) in [6, 6.07) is 8.38. The Labute approximate surface area is 116 Å². The molecular weight excluding hydrogens is 236 g/mol. The van der Waals surface area contributed by atoms with Gasteiger partial charge in [-0.05, 0) is 64.0 Å². The SMILES string of the molecule is CCOc1ccccc1C(CN)C1CCN(C)CC1. The summed E-state index contributed by atoms with van der Waals surface area (Å²) in [6.07, 6.45) is 2.47. The summed E-state index contributed by atoms with van der Waals surface area (Å²) in [5.74, 6) is 2.12. The van der Waals surface area contributed by atoms with Crippen LogP contribution in [0, 0.1) is 5.92 Å². The van der Waals surface area contributed by atoms with Crippen LogP contribution in [0.25, 0.3) is 0 Å². The van der Waals surface area contributed by atoms with E-state index in [0.717, 1.165) is 5.75 Å². The Hall–Kier alpha value is -1.06. The number of ether oxygens (including phenoxy) is 1. The smallest absolute Gasteiger partial charge is 0.122 e. The van der Waals surface area contributed by atoms with Crippen molar-refractivity contribution in [2.24, 2.45) is 11.7 Å². The van der Waals surface area contributed by atoms with E-state index in [4.69, 9.17) is 10.5 Å². The molecule has 2 rings (SSSR count). The highest BCUT2D eigenvalue weighted by Gasteiger charge is 2.27. The summed E-state index contributed by atoms with van der Waals surface area (Å²) < 4.78 is 5.77. The molecule has 0 bridgehead atoms. The molecule has 0 saturated carbocycles. The Kier molecular flexibility index (Phi) is 5.23. The van der Waals surface area contributed by atoms with Crippen LogP contribution in [-0.4, -0.2) is 38.2 Å². The fraction of sp³-hybridized carbons (Fsp3) is 0.625. The largest absolute Gasteiger partial charge is 0.494 e. The quantitative estimate of drug-likeness (QED) is 0.886. The van der Waals surface area contributed by atoms with E-state index in [-0.39, 0.29) is 0 Å². The molecule has 1 aromatic carbocycles. The van der Waals surface area contributed by atoms with Crippen LogP contribution < -0.4 is 10.5 Å². The zero-order valence-corrected chi connectivity index (χ0v) is 12.1. The van der Waals surface area contributed by atoms with Crippen molar-refractivity contribution in [2.75, 3.05) is 33.3 Å². The summed E-state index contributed by atoms with van der Waals surface area (Å²) in [5.41, 5.74) is 7.36. The van der Waals surface area contributed by atoms with Crippen LogP contribution in [0.1, 0.15) is 31.2 Å². The summed E-state index contributed by atoms with van der Waals surface area (Å²) >= 11 is 0. The molecule has 1 aliphatic rings. The summed E-state index contributed by atoms with van der Waals surface area (Å²) in [5, 5.41) is 0. The molecule has 0 aliphatic carbocycles. The van der Waals surface area contributed by atoms with Crippen molar-refractivity contribution in [3.8, 4) is 5.75 Å². The van der Waals surface area contributed by atoms with Crippen LogP contribution in [0.4, 0.5) is 0 Å². The number of piperidine rings is 1. The first-order chi connectivity index (χ1) is 9.26. The monoisotopic (exact) mass is 262 g/mol. The van der Waals surface area contributed by atoms with E-state index in [1.165, 1.54) is 31.5 Å². The number of hydrogen-bond acceptors (Lipinski definition) is 3. The molecule has 1 unspecified atom stereocenters. The van der Waals surface area contributed by atoms with Gasteiger partial charge in [0.25, 0.3) is 0 Å². The highest BCUT2D eigenvalue weighted by atomic mass is 16.5. The first-order valence-corrected chi connectivity index (χ1v) is 7.36. The van der Waals surface area contributed by atoms with Gasteiger partial charge in [-0.2, -0.15) is 0 Å². The van der Waals surface area contributed by atoms with Gasteiger partial charge in [0, 0.05) is 5.92 Å². The molecule has 3 nitrogen and oxygen atoms in total. The second kappa shape index (κ2) is 6.92. The third kappa shape index (κ3) is 3.48. The fourth-order valence-electron chi connectivity index (χ4n) is 3.08. The lowest BCUT2D eigenvalue weighted by atomic mass is 9.80. The Bertz CT molecular complexity index is 386. The Morgan fingerprint density at radius 2 is 2.00 bits per heavy atom. The molecule has 1 heterocycles. The number of benzene rings is 1. The average Bonchev–Trinajstić information content (AvgIpc) is 2.44. The van der Waals surface area contributed by atoms with Crippen molar-refractivity contribution in [2.45, 2.75) is 25.7 Å². The number of nitrogens with two attached hydrogens (primary N) is 1. The van der Waals surface area contributed by atoms with Gasteiger partial charge in [-0.25, -0.2) is 0 Å². The zero-order valence-electron chi connectivity index (χ0n) is 12.1. The topological polar surface area (TPSA) is 38.5 Å². The van der Waals surface area contributed by atoms with Crippen LogP contribution in [0.5, 0.6) is 5.75 Å². The number of likely N-dealkylation sites (tertiary alicyclic amines) is 1. The van der Waals surface area contributed by atoms with Crippen LogP contribution in [0.3, 0.4) is 0 Å². The minimum Gasteiger partial charge on any atom is -0.494 e. The molecule has 1 aromatic rings. The summed E-state index contributed by atoms with van der Waals surface area (Å²) in [7, 11) is 2.20. The number of para-hydroxylation sites is 1. The minimum absolute atomic E-state index is 0.427. The molecule has 1 atom stereocenters. The normalized spacial score (nSPS) is 19.3. The van der Waals surface area contributed by atoms with E-state index < -0.39 is 0 Å². The van der Waals surface area contributed by atoms with Gasteiger partial charge in [-0.1, -0.05) is 18.2 Å². The lowest BCUT2D eigenvalue weighted by Crippen LogP contribution is -2.34. The van der Waals surface area contributed by atoms with Crippen molar-refractivity contribution in [3.05, 3.63) is 29.8 Å². The first-order valence-electron chi connectivity index (χ1n) is 7.36. The molecule has 0 aromatic heterocycles. The van der Waals surface area contributed by atoms with Gasteiger partial charge in [0.2, 0.25) is 0 Å². The predicted molar refractivity (Wildman–Crippen MR) is 79.6 cm³/mol. The summed E-state index contributed by atoms with van der Waals surface area (Å²) in [6.45, 7) is 5.81. The molecule has 0 amide bonds. The van der Waals surface area contributed by atoms with Gasteiger partial charge in [-0.15, -0.1) is 0 Å². The van der Waals surface area contributed by atoms with Crippen molar-refractivity contribution < 1.29 is 4.74 Å². The number of rotatable bonds is 5. The van der Waals surface area contributed by atoms with Crippen LogP contribution in [0.2, 0.25) is 0 Å². The molecule has 1 saturated heterocycles. The van der Waals surface area contributed by atoms with E-state index >= 15 is 0 Å². The fourth-order valence-corrected chi connectivity index (χ4v) is 3.08. The Morgan fingerprint density at radius 3 is 2.63 bits per heavy atom. The van der Waals surface area contributed by atoms with Gasteiger partial charge < -0.3 is 15.4 Å². The third-order valence-electron chi connectivity index (χ3n) is 4.20. The highest BCUT2D eigenvalue weighted by Crippen LogP contribution is 2.36. The van der Waals surface area contributed by atoms with Gasteiger partial charge in [0.15, 0.2) is 0 Å². The van der Waals surface area contributed by atoms with Crippen LogP contribution in [-0.2, 0) is 0 Å². The molecule has 106 valence electrons. The molecule has 1 aliphatic heterocycles. The van der Waals surface area contributed by atoms with Gasteiger partial charge >= 0.3 is 0 Å². The van der Waals surface area contributed by atoms with Crippen LogP contribution in [0.15, 0.2) is 24.3 Å². The maximum atomic E-state index is 6.07. The van der Waals surface area contributed by atoms with E-state index in [9.17, 15) is 0 Å². The lowest BCUT2D eigenvalue weighted by molar-refractivity contribution is 0.197. The first kappa shape index (κ1) is 14.4. The standard InChI is InChI=1S/C16H26N2O/c1-3-19-16-7-5-4-6-14(16)15(12-17)13-8-10-18(2)11-9-13/h4-7,13,15H,3,8-12,17H2,1-2H3. The second-order valence-corrected chi connectivity index (χ2v) is 5.45. The maximum absolute atomic E-state index is 6.07. The van der Waals surface area contributed by atoms with Crippen molar-refractivity contribution in [1.82, 2.24) is 4.90 Å². The molecule has 3 heteroatoms. The molecule has 0 spiro atoms. The number of hydrogen-bond donors (Lipinski definition) is 1. The second-order valence-electron chi connectivity index (χ2n) is 5.45. The molecular formula is C16H26N2O. The van der Waals surface area contributed by atoms with E-state index in [2.05, 4.69) is 30.1 Å². The minimum atomic E-state index is 0.427. The Morgan fingerprint density at radius 1 is 1.32 bits per heavy atom. The van der Waals surface area contributed by atoms with E-state index in [1.807, 2.05) is 13.0 Å².